The van der Waals surface area contributed by atoms with Gasteiger partial charge in [-0.15, -0.1) is 0 Å². The van der Waals surface area contributed by atoms with E-state index in [2.05, 4.69) is 10.9 Å². The Morgan fingerprint density at radius 3 is 2.60 bits per heavy atom. The van der Waals surface area contributed by atoms with Crippen molar-refractivity contribution < 1.29 is 5.11 Å². The lowest BCUT2D eigenvalue weighted by Gasteiger charge is -1.67. The van der Waals surface area contributed by atoms with Crippen LogP contribution in [0.4, 0.5) is 0 Å². The number of rotatable bonds is 1. The van der Waals surface area contributed by atoms with E-state index >= 15 is 0 Å². The number of hydrogen-bond acceptors (Lipinski definition) is 3. The Morgan fingerprint density at radius 1 is 2.00 bits per heavy atom. The molecule has 0 aromatic rings. The minimum Gasteiger partial charge on any atom is -0.391 e. The molecule has 0 unspecified atom stereocenters. The van der Waals surface area contributed by atoms with Gasteiger partial charge in [0.15, 0.2) is 0 Å². The molecule has 0 spiro atoms. The smallest absolute Gasteiger partial charge is 0.0801 e. The van der Waals surface area contributed by atoms with Crippen LogP contribution in [0.1, 0.15) is 0 Å². The van der Waals surface area contributed by atoms with Crippen molar-refractivity contribution >= 4 is 6.21 Å². The van der Waals surface area contributed by atoms with E-state index in [9.17, 15) is 0 Å². The second-order valence-corrected chi connectivity index (χ2v) is 0.514. The fourth-order valence-electron chi connectivity index (χ4n) is 0.0471. The molecule has 0 rings (SSSR count). The fourth-order valence-corrected chi connectivity index (χ4v) is 0.0471. The summed E-state index contributed by atoms with van der Waals surface area (Å²) in [7, 11) is 0. The van der Waals surface area contributed by atoms with Crippen LogP contribution in [0, 0.1) is 0 Å². The molecule has 3 nitrogen and oxygen atoms in total. The van der Waals surface area contributed by atoms with Crippen molar-refractivity contribution in [2.45, 2.75) is 0 Å². The molecular formula is C2H6N2O. The topological polar surface area (TPSA) is 58.6 Å². The third-order valence-electron chi connectivity index (χ3n) is 0.187. The molecular weight excluding hydrogens is 68.0 g/mol. The van der Waals surface area contributed by atoms with Crippen molar-refractivity contribution in [2.75, 3.05) is 6.61 Å². The van der Waals surface area contributed by atoms with Crippen LogP contribution in [0.15, 0.2) is 5.10 Å². The van der Waals surface area contributed by atoms with Crippen LogP contribution in [0.2, 0.25) is 0 Å². The van der Waals surface area contributed by atoms with Crippen molar-refractivity contribution in [2.24, 2.45) is 10.9 Å². The number of aliphatic hydroxyl groups excluding tert-OH is 1. The predicted octanol–water partition coefficient (Wildman–Crippen LogP) is -1.08. The highest BCUT2D eigenvalue weighted by Crippen LogP contribution is 1.38. The van der Waals surface area contributed by atoms with Gasteiger partial charge in [0.1, 0.15) is 0 Å². The highest BCUT2D eigenvalue weighted by Gasteiger charge is 1.54. The largest absolute Gasteiger partial charge is 0.391 e. The van der Waals surface area contributed by atoms with Crippen LogP contribution in [0.25, 0.3) is 0 Å². The van der Waals surface area contributed by atoms with Gasteiger partial charge in [-0.25, -0.2) is 0 Å². The summed E-state index contributed by atoms with van der Waals surface area (Å²) in [6, 6.07) is 0. The van der Waals surface area contributed by atoms with Crippen LogP contribution in [-0.4, -0.2) is 17.9 Å². The van der Waals surface area contributed by atoms with Gasteiger partial charge in [0.2, 0.25) is 0 Å². The molecule has 3 N–H and O–H groups in total. The van der Waals surface area contributed by atoms with E-state index in [1.165, 1.54) is 6.21 Å². The number of hydrogen-bond donors (Lipinski definition) is 2. The normalized spacial score (nSPS) is 9.80. The Kier molecular flexibility index (Phi) is 3.04. The van der Waals surface area contributed by atoms with E-state index in [4.69, 9.17) is 5.11 Å². The van der Waals surface area contributed by atoms with Gasteiger partial charge in [0.05, 0.1) is 6.61 Å². The zero-order valence-electron chi connectivity index (χ0n) is 2.76. The third-order valence-corrected chi connectivity index (χ3v) is 0.187. The summed E-state index contributed by atoms with van der Waals surface area (Å²) in [5.74, 6) is 4.55. The summed E-state index contributed by atoms with van der Waals surface area (Å²) in [5.41, 5.74) is 0. The van der Waals surface area contributed by atoms with E-state index in [1.54, 1.807) is 0 Å². The zero-order chi connectivity index (χ0) is 4.12. The quantitative estimate of drug-likeness (QED) is 0.236. The standard InChI is InChI=1S/C2H6N2O/c3-4-1-2-5/h1,5H,2-3H2/b4-1+. The lowest BCUT2D eigenvalue weighted by molar-refractivity contribution is 0.361. The van der Waals surface area contributed by atoms with E-state index in [0.29, 0.717) is 0 Å². The van der Waals surface area contributed by atoms with Crippen molar-refractivity contribution in [3.05, 3.63) is 0 Å². The molecule has 0 saturated carbocycles. The maximum Gasteiger partial charge on any atom is 0.0801 e. The summed E-state index contributed by atoms with van der Waals surface area (Å²) in [5, 5.41) is 10.8. The Morgan fingerprint density at radius 2 is 2.60 bits per heavy atom. The third kappa shape index (κ3) is 3.43. The Balaban J connectivity index is 2.62. The highest BCUT2D eigenvalue weighted by atomic mass is 16.3. The first-order valence-electron chi connectivity index (χ1n) is 1.24. The Bertz CT molecular complexity index is 34.6. The average Bonchev–Trinajstić information content (AvgIpc) is 1.41. The average molecular weight is 74.1 g/mol. The lowest BCUT2D eigenvalue weighted by Crippen LogP contribution is -1.86. The number of hydrazone groups is 1. The molecule has 0 amide bonds. The molecule has 0 fully saturated rings. The summed E-state index contributed by atoms with van der Waals surface area (Å²) in [4.78, 5) is 0. The van der Waals surface area contributed by atoms with Crippen LogP contribution in [0.5, 0.6) is 0 Å². The molecule has 30 valence electrons. The minimum absolute atomic E-state index is 0.0729. The second kappa shape index (κ2) is 3.43. The molecule has 0 bridgehead atoms. The molecule has 0 radical (unpaired) electrons. The maximum atomic E-state index is 7.84. The van der Waals surface area contributed by atoms with Gasteiger partial charge in [-0.3, -0.25) is 0 Å². The van der Waals surface area contributed by atoms with E-state index in [1.807, 2.05) is 0 Å². The number of nitrogens with zero attached hydrogens (tertiary/aromatic N) is 1. The zero-order valence-corrected chi connectivity index (χ0v) is 2.76. The van der Waals surface area contributed by atoms with Crippen LogP contribution in [0.3, 0.4) is 0 Å². The number of nitrogens with two attached hydrogens (primary N) is 1. The van der Waals surface area contributed by atoms with Gasteiger partial charge in [0, 0.05) is 6.21 Å². The molecule has 3 heteroatoms. The molecule has 0 saturated heterocycles. The van der Waals surface area contributed by atoms with Crippen LogP contribution >= 0.6 is 0 Å². The fraction of sp³-hybridized carbons (Fsp3) is 0.500. The summed E-state index contributed by atoms with van der Waals surface area (Å²) >= 11 is 0. The molecule has 0 aromatic carbocycles. The lowest BCUT2D eigenvalue weighted by atomic mass is 10.8. The van der Waals surface area contributed by atoms with Crippen LogP contribution < -0.4 is 5.84 Å². The van der Waals surface area contributed by atoms with E-state index in [-0.39, 0.29) is 6.61 Å². The molecule has 0 aliphatic rings. The van der Waals surface area contributed by atoms with E-state index < -0.39 is 0 Å². The summed E-state index contributed by atoms with van der Waals surface area (Å²) in [6.07, 6.45) is 1.21. The molecule has 5 heavy (non-hydrogen) atoms. The maximum absolute atomic E-state index is 7.84. The van der Waals surface area contributed by atoms with Gasteiger partial charge < -0.3 is 10.9 Å². The minimum atomic E-state index is -0.0729. The molecule has 0 aliphatic carbocycles. The highest BCUT2D eigenvalue weighted by molar-refractivity contribution is 5.57. The monoisotopic (exact) mass is 74.0 g/mol. The van der Waals surface area contributed by atoms with Crippen molar-refractivity contribution in [3.63, 3.8) is 0 Å². The van der Waals surface area contributed by atoms with Gasteiger partial charge >= 0.3 is 0 Å². The Hall–Kier alpha value is -0.570. The molecule has 0 heterocycles. The number of aliphatic hydroxyl groups is 1. The second-order valence-electron chi connectivity index (χ2n) is 0.514. The SMILES string of the molecule is N/N=C/CO. The first-order chi connectivity index (χ1) is 2.41. The van der Waals surface area contributed by atoms with Gasteiger partial charge in [0.25, 0.3) is 0 Å². The van der Waals surface area contributed by atoms with Crippen molar-refractivity contribution in [1.29, 1.82) is 0 Å². The summed E-state index contributed by atoms with van der Waals surface area (Å²) in [6.45, 7) is -0.0729. The van der Waals surface area contributed by atoms with Gasteiger partial charge in [-0.05, 0) is 0 Å². The van der Waals surface area contributed by atoms with Gasteiger partial charge in [-0.2, -0.15) is 5.10 Å². The first kappa shape index (κ1) is 4.43. The first-order valence-corrected chi connectivity index (χ1v) is 1.24. The van der Waals surface area contributed by atoms with Crippen molar-refractivity contribution in [1.82, 2.24) is 0 Å². The molecule has 0 aliphatic heterocycles. The summed E-state index contributed by atoms with van der Waals surface area (Å²) < 4.78 is 0. The molecule has 0 aromatic heterocycles. The predicted molar refractivity (Wildman–Crippen MR) is 19.8 cm³/mol. The van der Waals surface area contributed by atoms with Crippen molar-refractivity contribution in [3.8, 4) is 0 Å². The van der Waals surface area contributed by atoms with Gasteiger partial charge in [-0.1, -0.05) is 0 Å². The Labute approximate surface area is 30.1 Å². The molecule has 0 atom stereocenters. The van der Waals surface area contributed by atoms with Crippen LogP contribution in [-0.2, 0) is 0 Å². The van der Waals surface area contributed by atoms with E-state index in [0.717, 1.165) is 0 Å².